The number of hydrogen-bond acceptors (Lipinski definition) is 17. The van der Waals surface area contributed by atoms with Crippen LogP contribution in [0.5, 0.6) is 11.5 Å². The van der Waals surface area contributed by atoms with Crippen molar-refractivity contribution in [3.63, 3.8) is 0 Å². The molecule has 4 aromatic carbocycles. The number of anilines is 1. The van der Waals surface area contributed by atoms with Gasteiger partial charge in [-0.05, 0) is 22.3 Å². The summed E-state index contributed by atoms with van der Waals surface area (Å²) in [5.74, 6) is -1.02. The van der Waals surface area contributed by atoms with E-state index in [0.717, 1.165) is 55.8 Å². The molecule has 0 saturated heterocycles. The summed E-state index contributed by atoms with van der Waals surface area (Å²) < 4.78 is 67.2. The van der Waals surface area contributed by atoms with E-state index in [1.807, 2.05) is 90.8 Å². The van der Waals surface area contributed by atoms with Crippen molar-refractivity contribution in [1.82, 2.24) is 44.1 Å². The minimum absolute atomic E-state index is 0.0408. The van der Waals surface area contributed by atoms with Gasteiger partial charge in [0.05, 0.1) is 27.9 Å². The van der Waals surface area contributed by atoms with E-state index in [2.05, 4.69) is 46.2 Å². The number of benzene rings is 4. The maximum Gasteiger partial charge on any atom is 0.534 e. The van der Waals surface area contributed by atoms with Crippen LogP contribution < -0.4 is 40.3 Å². The van der Waals surface area contributed by atoms with Gasteiger partial charge in [-0.1, -0.05) is 121 Å². The van der Waals surface area contributed by atoms with E-state index in [-0.39, 0.29) is 47.8 Å². The Labute approximate surface area is 422 Å². The van der Waals surface area contributed by atoms with E-state index in [0.29, 0.717) is 29.2 Å². The maximum absolute atomic E-state index is 12.8. The molecular formula is C51H41F3N10O10S. The predicted octanol–water partition coefficient (Wildman–Crippen LogP) is 5.83. The average Bonchev–Trinajstić information content (AvgIpc) is 3.41. The highest BCUT2D eigenvalue weighted by Gasteiger charge is 2.49. The molecule has 10 aromatic rings. The van der Waals surface area contributed by atoms with E-state index < -0.39 is 32.5 Å². The van der Waals surface area contributed by atoms with Crippen molar-refractivity contribution in [1.29, 1.82) is 0 Å². The molecular weight excluding hydrogens is 1000 g/mol. The SMILES string of the molecule is CN(Cc1ccccc1)c1cc(=O)n(OCc2ccccc2)c2ncncc12.O=c1cc(O)c2cncnc2n1OCc1ccccc1.O=c1cc(OS(=O)(=O)C(F)(F)F)c2cncnc2n1OCc1ccccc1. The van der Waals surface area contributed by atoms with Gasteiger partial charge in [-0.15, -0.1) is 14.2 Å². The second-order valence-electron chi connectivity index (χ2n) is 15.8. The number of hydrogen-bond donors (Lipinski definition) is 1. The molecule has 6 aromatic heterocycles. The summed E-state index contributed by atoms with van der Waals surface area (Å²) in [5.41, 5.74) is -2.40. The van der Waals surface area contributed by atoms with Gasteiger partial charge in [0, 0.05) is 44.3 Å². The number of halogens is 3. The number of alkyl halides is 3. The van der Waals surface area contributed by atoms with Gasteiger partial charge in [0.25, 0.3) is 16.7 Å². The highest BCUT2D eigenvalue weighted by molar-refractivity contribution is 7.88. The first kappa shape index (κ1) is 51.6. The molecule has 10 rings (SSSR count). The lowest BCUT2D eigenvalue weighted by atomic mass is 10.2. The van der Waals surface area contributed by atoms with Crippen LogP contribution in [0, 0.1) is 0 Å². The van der Waals surface area contributed by atoms with E-state index >= 15 is 0 Å². The molecule has 0 unspecified atom stereocenters. The Morgan fingerprint density at radius 2 is 0.907 bits per heavy atom. The van der Waals surface area contributed by atoms with Gasteiger partial charge < -0.3 is 28.7 Å². The van der Waals surface area contributed by atoms with Crippen LogP contribution in [0.4, 0.5) is 18.9 Å². The van der Waals surface area contributed by atoms with Gasteiger partial charge >= 0.3 is 15.6 Å². The lowest BCUT2D eigenvalue weighted by Gasteiger charge is -2.22. The molecule has 0 spiro atoms. The predicted molar refractivity (Wildman–Crippen MR) is 267 cm³/mol. The van der Waals surface area contributed by atoms with Crippen LogP contribution in [0.2, 0.25) is 0 Å². The minimum Gasteiger partial charge on any atom is -0.507 e. The van der Waals surface area contributed by atoms with Crippen LogP contribution >= 0.6 is 0 Å². The number of aromatic hydroxyl groups is 1. The van der Waals surface area contributed by atoms with Crippen LogP contribution in [0.1, 0.15) is 22.3 Å². The summed E-state index contributed by atoms with van der Waals surface area (Å²) in [6, 6.07) is 41.2. The van der Waals surface area contributed by atoms with Crippen molar-refractivity contribution in [3.8, 4) is 11.5 Å². The Kier molecular flexibility index (Phi) is 16.0. The molecule has 0 fully saturated rings. The number of rotatable bonds is 14. The highest BCUT2D eigenvalue weighted by atomic mass is 32.2. The molecule has 0 atom stereocenters. The van der Waals surface area contributed by atoms with Gasteiger partial charge in [0.2, 0.25) is 0 Å². The van der Waals surface area contributed by atoms with Gasteiger partial charge in [-0.2, -0.15) is 21.6 Å². The number of pyridine rings is 3. The Balaban J connectivity index is 0.000000152. The van der Waals surface area contributed by atoms with E-state index in [4.69, 9.17) is 14.5 Å². The largest absolute Gasteiger partial charge is 0.534 e. The topological polar surface area (TPSA) is 238 Å². The highest BCUT2D eigenvalue weighted by Crippen LogP contribution is 2.30. The van der Waals surface area contributed by atoms with Crippen molar-refractivity contribution < 1.29 is 45.4 Å². The average molecular weight is 1040 g/mol. The number of aromatic nitrogens is 9. The monoisotopic (exact) mass is 1040 g/mol. The van der Waals surface area contributed by atoms with Crippen LogP contribution in [0.15, 0.2) is 191 Å². The summed E-state index contributed by atoms with van der Waals surface area (Å²) in [4.78, 5) is 79.2. The summed E-state index contributed by atoms with van der Waals surface area (Å²) in [5, 5.41) is 10.6. The zero-order chi connectivity index (χ0) is 53.0. The fourth-order valence-corrected chi connectivity index (χ4v) is 7.53. The maximum atomic E-state index is 12.8. The van der Waals surface area contributed by atoms with Gasteiger partial charge in [-0.3, -0.25) is 14.4 Å². The summed E-state index contributed by atoms with van der Waals surface area (Å²) in [6.07, 6.45) is 7.88. The lowest BCUT2D eigenvalue weighted by Crippen LogP contribution is -2.31. The standard InChI is InChI=1S/C22H20N4O2.C15H10F3N3O5S.C14H11N3O3/c1-25(14-17-8-4-2-5-9-17)20-12-21(27)26(22-19(20)13-23-16-24-22)28-15-18-10-6-3-7-11-18;16-15(17,18)27(23,24)26-12-6-13(22)21(14-11(12)7-19-9-20-14)25-8-10-4-2-1-3-5-10;18-12-6-13(19)17(14-11(12)7-15-9-16-14)20-8-10-4-2-1-3-5-10/h2-13,16H,14-15H2,1H3;1-7,9H,8H2;1-7,9,18H,8H2. The third-order valence-corrected chi connectivity index (χ3v) is 11.6. The second-order valence-corrected chi connectivity index (χ2v) is 17.4. The van der Waals surface area contributed by atoms with Crippen LogP contribution in [-0.4, -0.2) is 70.2 Å². The van der Waals surface area contributed by atoms with E-state index in [1.165, 1.54) is 23.6 Å². The third-order valence-electron chi connectivity index (χ3n) is 10.6. The molecule has 0 amide bonds. The first-order valence-electron chi connectivity index (χ1n) is 22.2. The fourth-order valence-electron chi connectivity index (χ4n) is 7.07. The molecule has 0 radical (unpaired) electrons. The molecule has 0 aliphatic rings. The summed E-state index contributed by atoms with van der Waals surface area (Å²) >= 11 is 0. The van der Waals surface area contributed by atoms with Crippen molar-refractivity contribution >= 4 is 48.9 Å². The van der Waals surface area contributed by atoms with Crippen LogP contribution in [0.3, 0.4) is 0 Å². The van der Waals surface area contributed by atoms with Crippen molar-refractivity contribution in [3.05, 3.63) is 230 Å². The normalized spacial score (nSPS) is 11.2. The Bertz CT molecular complexity index is 3860. The Hall–Kier alpha value is -9.71. The molecule has 0 bridgehead atoms. The number of nitrogens with zero attached hydrogens (tertiary/aromatic N) is 10. The lowest BCUT2D eigenvalue weighted by molar-refractivity contribution is -0.0499. The third kappa shape index (κ3) is 12.7. The molecule has 1 N–H and O–H groups in total. The Morgan fingerprint density at radius 1 is 0.533 bits per heavy atom. The van der Waals surface area contributed by atoms with Gasteiger partial charge in [0.15, 0.2) is 22.7 Å². The molecule has 20 nitrogen and oxygen atoms in total. The molecule has 6 heterocycles. The molecule has 0 saturated carbocycles. The Morgan fingerprint density at radius 3 is 1.36 bits per heavy atom. The molecule has 0 aliphatic heterocycles. The molecule has 382 valence electrons. The molecule has 75 heavy (non-hydrogen) atoms. The quantitative estimate of drug-likeness (QED) is 0.0996. The van der Waals surface area contributed by atoms with Crippen molar-refractivity contribution in [2.75, 3.05) is 11.9 Å². The number of fused-ring (bicyclic) bond motifs is 3. The van der Waals surface area contributed by atoms with Gasteiger partial charge in [0.1, 0.15) is 44.6 Å². The second kappa shape index (κ2) is 23.2. The van der Waals surface area contributed by atoms with Crippen LogP contribution in [0.25, 0.3) is 33.1 Å². The van der Waals surface area contributed by atoms with Gasteiger partial charge in [-0.25, -0.2) is 29.9 Å². The zero-order valence-corrected chi connectivity index (χ0v) is 40.0. The summed E-state index contributed by atoms with van der Waals surface area (Å²) in [7, 11) is -4.02. The van der Waals surface area contributed by atoms with Crippen molar-refractivity contribution in [2.45, 2.75) is 31.9 Å². The molecule has 0 aliphatic carbocycles. The first-order chi connectivity index (χ1) is 36.2. The fraction of sp³-hybridized carbons (Fsp3) is 0.118. The van der Waals surface area contributed by atoms with E-state index in [9.17, 15) is 41.1 Å². The zero-order valence-electron chi connectivity index (χ0n) is 39.2. The first-order valence-corrected chi connectivity index (χ1v) is 23.6. The minimum atomic E-state index is -5.97. The molecule has 24 heteroatoms. The van der Waals surface area contributed by atoms with E-state index in [1.54, 1.807) is 42.6 Å². The van der Waals surface area contributed by atoms with Crippen LogP contribution in [-0.2, 0) is 36.5 Å². The smallest absolute Gasteiger partial charge is 0.507 e. The van der Waals surface area contributed by atoms with Crippen molar-refractivity contribution in [2.24, 2.45) is 0 Å². The summed E-state index contributed by atoms with van der Waals surface area (Å²) in [6.45, 7) is 1.13.